The van der Waals surface area contributed by atoms with Crippen LogP contribution >= 0.6 is 11.6 Å². The summed E-state index contributed by atoms with van der Waals surface area (Å²) in [6.45, 7) is 4.37. The number of halogens is 1. The largest absolute Gasteiger partial charge is 0.368 e. The summed E-state index contributed by atoms with van der Waals surface area (Å²) in [5.41, 5.74) is 1.73. The second kappa shape index (κ2) is 4.90. The molecule has 0 spiro atoms. The summed E-state index contributed by atoms with van der Waals surface area (Å²) in [6.07, 6.45) is 3.49. The minimum atomic E-state index is 0.625. The molecule has 2 fully saturated rings. The van der Waals surface area contributed by atoms with Crippen LogP contribution in [0, 0.1) is 0 Å². The minimum Gasteiger partial charge on any atom is -0.368 e. The second-order valence-corrected chi connectivity index (χ2v) is 5.54. The highest BCUT2D eigenvalue weighted by atomic mass is 35.5. The number of carbonyl (C=O) groups is 1. The lowest BCUT2D eigenvalue weighted by Gasteiger charge is -2.39. The Morgan fingerprint density at radius 1 is 1.28 bits per heavy atom. The molecule has 0 aromatic heterocycles. The van der Waals surface area contributed by atoms with Gasteiger partial charge in [-0.05, 0) is 37.6 Å². The van der Waals surface area contributed by atoms with Gasteiger partial charge in [-0.15, -0.1) is 0 Å². The zero-order valence-electron chi connectivity index (χ0n) is 10.3. The molecule has 1 aromatic carbocycles. The van der Waals surface area contributed by atoms with E-state index in [0.29, 0.717) is 16.6 Å². The van der Waals surface area contributed by atoms with Gasteiger partial charge in [0.15, 0.2) is 6.29 Å². The average molecular weight is 265 g/mol. The first-order valence-electron chi connectivity index (χ1n) is 6.51. The van der Waals surface area contributed by atoms with E-state index in [1.54, 1.807) is 6.07 Å². The lowest BCUT2D eigenvalue weighted by Crippen LogP contribution is -2.50. The maximum atomic E-state index is 11.2. The average Bonchev–Trinajstić information content (AvgIpc) is 2.85. The highest BCUT2D eigenvalue weighted by Gasteiger charge is 2.31. The Hall–Kier alpha value is -1.06. The van der Waals surface area contributed by atoms with Crippen molar-refractivity contribution in [2.45, 2.75) is 18.9 Å². The third-order valence-corrected chi connectivity index (χ3v) is 4.28. The van der Waals surface area contributed by atoms with E-state index < -0.39 is 0 Å². The van der Waals surface area contributed by atoms with Crippen molar-refractivity contribution in [2.75, 3.05) is 31.1 Å². The lowest BCUT2D eigenvalue weighted by molar-refractivity contribution is 0.112. The molecule has 0 aliphatic carbocycles. The Labute approximate surface area is 112 Å². The Kier molecular flexibility index (Phi) is 3.27. The van der Waals surface area contributed by atoms with Crippen molar-refractivity contribution in [1.29, 1.82) is 0 Å². The van der Waals surface area contributed by atoms with Crippen molar-refractivity contribution in [1.82, 2.24) is 4.90 Å². The number of nitrogens with zero attached hydrogens (tertiary/aromatic N) is 2. The lowest BCUT2D eigenvalue weighted by atomic mass is 10.1. The van der Waals surface area contributed by atoms with E-state index in [9.17, 15) is 4.79 Å². The molecule has 0 N–H and O–H groups in total. The van der Waals surface area contributed by atoms with Crippen LogP contribution in [-0.2, 0) is 0 Å². The van der Waals surface area contributed by atoms with Crippen LogP contribution in [0.4, 0.5) is 5.69 Å². The first-order valence-corrected chi connectivity index (χ1v) is 6.89. The smallest absolute Gasteiger partial charge is 0.152 e. The summed E-state index contributed by atoms with van der Waals surface area (Å²) in [7, 11) is 0. The Balaban J connectivity index is 1.84. The summed E-state index contributed by atoms with van der Waals surface area (Å²) in [4.78, 5) is 16.0. The standard InChI is InChI=1S/C14H17ClN2O/c15-12-3-4-14(11(8-12)10-18)17-7-6-16-5-1-2-13(16)9-17/h3-4,8,10,13H,1-2,5-7,9H2. The van der Waals surface area contributed by atoms with Gasteiger partial charge in [0.1, 0.15) is 0 Å². The van der Waals surface area contributed by atoms with E-state index in [1.807, 2.05) is 12.1 Å². The summed E-state index contributed by atoms with van der Waals surface area (Å²) in [6, 6.07) is 6.25. The Bertz CT molecular complexity index is 463. The minimum absolute atomic E-state index is 0.625. The molecule has 1 unspecified atom stereocenters. The van der Waals surface area contributed by atoms with Crippen molar-refractivity contribution in [3.8, 4) is 0 Å². The third kappa shape index (κ3) is 2.13. The number of anilines is 1. The summed E-state index contributed by atoms with van der Waals surface area (Å²) >= 11 is 5.94. The molecular weight excluding hydrogens is 248 g/mol. The van der Waals surface area contributed by atoms with Crippen LogP contribution in [0.25, 0.3) is 0 Å². The van der Waals surface area contributed by atoms with Crippen LogP contribution in [0.1, 0.15) is 23.2 Å². The van der Waals surface area contributed by atoms with Crippen LogP contribution in [0.3, 0.4) is 0 Å². The summed E-state index contributed by atoms with van der Waals surface area (Å²) in [5, 5.41) is 0.625. The number of carbonyl (C=O) groups excluding carboxylic acids is 1. The van der Waals surface area contributed by atoms with Gasteiger partial charge in [-0.25, -0.2) is 0 Å². The number of aldehydes is 1. The first kappa shape index (κ1) is 12.0. The fraction of sp³-hybridized carbons (Fsp3) is 0.500. The molecule has 0 amide bonds. The van der Waals surface area contributed by atoms with Gasteiger partial charge < -0.3 is 4.90 Å². The van der Waals surface area contributed by atoms with Crippen LogP contribution < -0.4 is 4.90 Å². The van der Waals surface area contributed by atoms with E-state index in [1.165, 1.54) is 19.4 Å². The van der Waals surface area contributed by atoms with Crippen molar-refractivity contribution in [2.24, 2.45) is 0 Å². The third-order valence-electron chi connectivity index (χ3n) is 4.04. The highest BCUT2D eigenvalue weighted by molar-refractivity contribution is 6.31. The molecular formula is C14H17ClN2O. The fourth-order valence-electron chi connectivity index (χ4n) is 3.12. The molecule has 4 heteroatoms. The van der Waals surface area contributed by atoms with Gasteiger partial charge in [-0.2, -0.15) is 0 Å². The molecule has 18 heavy (non-hydrogen) atoms. The van der Waals surface area contributed by atoms with Crippen molar-refractivity contribution in [3.63, 3.8) is 0 Å². The van der Waals surface area contributed by atoms with E-state index in [0.717, 1.165) is 31.6 Å². The monoisotopic (exact) mass is 264 g/mol. The predicted molar refractivity (Wildman–Crippen MR) is 73.6 cm³/mol. The van der Waals surface area contributed by atoms with Gasteiger partial charge in [0.25, 0.3) is 0 Å². The number of hydrogen-bond donors (Lipinski definition) is 0. The van der Waals surface area contributed by atoms with Crippen molar-refractivity contribution >= 4 is 23.6 Å². The van der Waals surface area contributed by atoms with Crippen LogP contribution in [0.5, 0.6) is 0 Å². The van der Waals surface area contributed by atoms with Crippen molar-refractivity contribution < 1.29 is 4.79 Å². The van der Waals surface area contributed by atoms with Gasteiger partial charge >= 0.3 is 0 Å². The van der Waals surface area contributed by atoms with Crippen LogP contribution in [0.2, 0.25) is 5.02 Å². The summed E-state index contributed by atoms with van der Waals surface area (Å²) in [5.74, 6) is 0. The topological polar surface area (TPSA) is 23.6 Å². The molecule has 3 nitrogen and oxygen atoms in total. The van der Waals surface area contributed by atoms with Gasteiger partial charge in [0.05, 0.1) is 0 Å². The molecule has 1 atom stereocenters. The van der Waals surface area contributed by atoms with Gasteiger partial charge in [0, 0.05) is 41.9 Å². The first-order chi connectivity index (χ1) is 8.78. The molecule has 0 bridgehead atoms. The molecule has 2 aliphatic heterocycles. The quantitative estimate of drug-likeness (QED) is 0.767. The van der Waals surface area contributed by atoms with Gasteiger partial charge in [0.2, 0.25) is 0 Å². The number of piperazine rings is 1. The second-order valence-electron chi connectivity index (χ2n) is 5.10. The zero-order valence-corrected chi connectivity index (χ0v) is 11.1. The van der Waals surface area contributed by atoms with Crippen molar-refractivity contribution in [3.05, 3.63) is 28.8 Å². The van der Waals surface area contributed by atoms with E-state index in [4.69, 9.17) is 11.6 Å². The molecule has 3 rings (SSSR count). The molecule has 2 saturated heterocycles. The maximum absolute atomic E-state index is 11.2. The van der Waals surface area contributed by atoms with Crippen LogP contribution in [0.15, 0.2) is 18.2 Å². The zero-order chi connectivity index (χ0) is 12.5. The SMILES string of the molecule is O=Cc1cc(Cl)ccc1N1CCN2CCCC2C1. The van der Waals surface area contributed by atoms with Gasteiger partial charge in [-0.3, -0.25) is 9.69 Å². The normalized spacial score (nSPS) is 24.1. The number of benzene rings is 1. The summed E-state index contributed by atoms with van der Waals surface area (Å²) < 4.78 is 0. The highest BCUT2D eigenvalue weighted by Crippen LogP contribution is 2.28. The maximum Gasteiger partial charge on any atom is 0.152 e. The number of rotatable bonds is 2. The van der Waals surface area contributed by atoms with E-state index in [2.05, 4.69) is 9.80 Å². The molecule has 0 radical (unpaired) electrons. The Morgan fingerprint density at radius 2 is 2.17 bits per heavy atom. The van der Waals surface area contributed by atoms with Gasteiger partial charge in [-0.1, -0.05) is 11.6 Å². The number of fused-ring (bicyclic) bond motifs is 1. The molecule has 0 saturated carbocycles. The fourth-order valence-corrected chi connectivity index (χ4v) is 3.30. The molecule has 2 heterocycles. The number of hydrogen-bond acceptors (Lipinski definition) is 3. The van der Waals surface area contributed by atoms with E-state index >= 15 is 0 Å². The molecule has 96 valence electrons. The van der Waals surface area contributed by atoms with E-state index in [-0.39, 0.29) is 0 Å². The molecule has 2 aliphatic rings. The predicted octanol–water partition coefficient (Wildman–Crippen LogP) is 2.44. The molecule has 1 aromatic rings. The Morgan fingerprint density at radius 3 is 3.00 bits per heavy atom. The van der Waals surface area contributed by atoms with Crippen LogP contribution in [-0.4, -0.2) is 43.4 Å².